The zero-order chi connectivity index (χ0) is 21.6. The third kappa shape index (κ3) is 3.53. The molecule has 0 spiro atoms. The molecule has 0 unspecified atom stereocenters. The normalized spacial score (nSPS) is 22.0. The summed E-state index contributed by atoms with van der Waals surface area (Å²) in [6.07, 6.45) is 7.07. The van der Waals surface area contributed by atoms with Crippen LogP contribution in [0.15, 0.2) is 47.1 Å². The Bertz CT molecular complexity index is 1140. The highest BCUT2D eigenvalue weighted by atomic mass is 35.5. The third-order valence-corrected chi connectivity index (χ3v) is 6.94. The number of fused-ring (bicyclic) bond motifs is 3. The molecule has 5 rings (SSSR count). The Hall–Kier alpha value is -2.73. The Kier molecular flexibility index (Phi) is 5.05. The number of hydrogen-bond acceptors (Lipinski definition) is 3. The minimum absolute atomic E-state index is 0.106. The van der Waals surface area contributed by atoms with Gasteiger partial charge in [-0.25, -0.2) is 0 Å². The van der Waals surface area contributed by atoms with Crippen molar-refractivity contribution in [1.29, 1.82) is 0 Å². The second-order valence-electron chi connectivity index (χ2n) is 8.89. The lowest BCUT2D eigenvalue weighted by Gasteiger charge is -2.44. The van der Waals surface area contributed by atoms with Gasteiger partial charge >= 0.3 is 0 Å². The number of nitrogens with one attached hydrogen (secondary N) is 1. The van der Waals surface area contributed by atoms with Crippen LogP contribution in [0, 0.1) is 0 Å². The molecule has 1 aliphatic heterocycles. The van der Waals surface area contributed by atoms with E-state index in [1.54, 1.807) is 23.3 Å². The largest absolute Gasteiger partial charge is 0.463 e. The summed E-state index contributed by atoms with van der Waals surface area (Å²) in [6, 6.07) is 11.2. The first-order valence-electron chi connectivity index (χ1n) is 10.9. The van der Waals surface area contributed by atoms with E-state index in [-0.39, 0.29) is 17.9 Å². The van der Waals surface area contributed by atoms with Crippen molar-refractivity contribution in [2.75, 3.05) is 0 Å². The van der Waals surface area contributed by atoms with E-state index in [0.717, 1.165) is 36.8 Å². The van der Waals surface area contributed by atoms with Crippen LogP contribution in [0.4, 0.5) is 0 Å². The number of nitrogens with zero attached hydrogens (tertiary/aromatic N) is 2. The number of benzene rings is 1. The average molecular weight is 440 g/mol. The molecule has 1 aromatic carbocycles. The van der Waals surface area contributed by atoms with Gasteiger partial charge in [0, 0.05) is 29.7 Å². The van der Waals surface area contributed by atoms with E-state index in [1.165, 1.54) is 6.42 Å². The van der Waals surface area contributed by atoms with E-state index in [2.05, 4.69) is 5.32 Å². The van der Waals surface area contributed by atoms with Crippen LogP contribution in [0.2, 0.25) is 5.02 Å². The molecule has 1 N–H and O–H groups in total. The molecule has 3 aromatic rings. The topological polar surface area (TPSA) is 67.5 Å². The van der Waals surface area contributed by atoms with Crippen molar-refractivity contribution in [3.05, 3.63) is 58.9 Å². The van der Waals surface area contributed by atoms with Crippen molar-refractivity contribution in [2.45, 2.75) is 63.7 Å². The van der Waals surface area contributed by atoms with E-state index in [9.17, 15) is 9.59 Å². The second kappa shape index (κ2) is 7.75. The second-order valence-corrected chi connectivity index (χ2v) is 9.33. The number of carbonyl (C=O) groups is 2. The van der Waals surface area contributed by atoms with Gasteiger partial charge in [0.25, 0.3) is 5.91 Å². The standard InChI is InChI=1S/C24H26ClN3O3/c1-24(23(30)26-18-8-3-2-4-9-18)15-27-19-10-11-31-21(19)13-20(27)22(29)28(24)14-16-6-5-7-17(25)12-16/h5-7,10-13,18H,2-4,8-9,14-15H2,1H3,(H,26,30)/t24-/m0/s1. The monoisotopic (exact) mass is 439 g/mol. The SMILES string of the molecule is C[C@@]1(C(=O)NC2CCCCC2)Cn2c(cc3occc32)C(=O)N1Cc1cccc(Cl)c1. The van der Waals surface area contributed by atoms with Gasteiger partial charge in [0.15, 0.2) is 5.58 Å². The minimum Gasteiger partial charge on any atom is -0.463 e. The number of furan rings is 1. The summed E-state index contributed by atoms with van der Waals surface area (Å²) in [5.74, 6) is -0.287. The molecule has 0 bridgehead atoms. The fraction of sp³-hybridized carbons (Fsp3) is 0.417. The third-order valence-electron chi connectivity index (χ3n) is 6.71. The van der Waals surface area contributed by atoms with Gasteiger partial charge in [-0.1, -0.05) is 43.0 Å². The van der Waals surface area contributed by atoms with Gasteiger partial charge in [0.2, 0.25) is 5.91 Å². The van der Waals surface area contributed by atoms with Crippen LogP contribution >= 0.6 is 11.6 Å². The molecule has 2 aliphatic rings. The maximum Gasteiger partial charge on any atom is 0.271 e. The van der Waals surface area contributed by atoms with E-state index in [1.807, 2.05) is 35.8 Å². The van der Waals surface area contributed by atoms with E-state index >= 15 is 0 Å². The molecule has 0 saturated heterocycles. The Morgan fingerprint density at radius 2 is 2.03 bits per heavy atom. The molecule has 2 aromatic heterocycles. The number of carbonyl (C=O) groups excluding carboxylic acids is 2. The summed E-state index contributed by atoms with van der Waals surface area (Å²) < 4.78 is 7.44. The van der Waals surface area contributed by atoms with Crippen molar-refractivity contribution < 1.29 is 14.0 Å². The smallest absolute Gasteiger partial charge is 0.271 e. The molecule has 0 radical (unpaired) electrons. The average Bonchev–Trinajstić information content (AvgIpc) is 3.34. The minimum atomic E-state index is -1.03. The number of amides is 2. The summed E-state index contributed by atoms with van der Waals surface area (Å²) in [5, 5.41) is 3.85. The first kappa shape index (κ1) is 20.2. The van der Waals surface area contributed by atoms with Crippen LogP contribution in [-0.4, -0.2) is 32.9 Å². The highest BCUT2D eigenvalue weighted by molar-refractivity contribution is 6.30. The summed E-state index contributed by atoms with van der Waals surface area (Å²) in [6.45, 7) is 2.54. The maximum atomic E-state index is 13.6. The molecular weight excluding hydrogens is 414 g/mol. The van der Waals surface area contributed by atoms with E-state index in [0.29, 0.717) is 29.4 Å². The molecule has 31 heavy (non-hydrogen) atoms. The van der Waals surface area contributed by atoms with Crippen LogP contribution in [0.3, 0.4) is 0 Å². The van der Waals surface area contributed by atoms with E-state index < -0.39 is 5.54 Å². The van der Waals surface area contributed by atoms with Crippen LogP contribution in [0.25, 0.3) is 11.1 Å². The lowest BCUT2D eigenvalue weighted by atomic mass is 9.91. The van der Waals surface area contributed by atoms with Gasteiger partial charge in [0.05, 0.1) is 18.3 Å². The van der Waals surface area contributed by atoms with Gasteiger partial charge in [-0.15, -0.1) is 0 Å². The van der Waals surface area contributed by atoms with Gasteiger partial charge in [-0.2, -0.15) is 0 Å². The molecule has 1 saturated carbocycles. The Balaban J connectivity index is 1.53. The predicted molar refractivity (Wildman–Crippen MR) is 119 cm³/mol. The molecule has 1 aliphatic carbocycles. The molecule has 1 atom stereocenters. The molecule has 6 nitrogen and oxygen atoms in total. The molecule has 2 amide bonds. The Morgan fingerprint density at radius 3 is 2.81 bits per heavy atom. The Morgan fingerprint density at radius 1 is 1.23 bits per heavy atom. The molecule has 162 valence electrons. The molecule has 3 heterocycles. The summed E-state index contributed by atoms with van der Waals surface area (Å²) in [5.41, 5.74) is 1.89. The van der Waals surface area contributed by atoms with Crippen LogP contribution in [0.1, 0.15) is 55.1 Å². The lowest BCUT2D eigenvalue weighted by Crippen LogP contribution is -2.64. The van der Waals surface area contributed by atoms with Crippen molar-refractivity contribution >= 4 is 34.5 Å². The van der Waals surface area contributed by atoms with Crippen LogP contribution in [0.5, 0.6) is 0 Å². The number of aromatic nitrogens is 1. The van der Waals surface area contributed by atoms with E-state index in [4.69, 9.17) is 16.0 Å². The molecular formula is C24H26ClN3O3. The van der Waals surface area contributed by atoms with Crippen LogP contribution < -0.4 is 5.32 Å². The zero-order valence-electron chi connectivity index (χ0n) is 17.6. The van der Waals surface area contributed by atoms with Gasteiger partial charge in [-0.3, -0.25) is 9.59 Å². The fourth-order valence-electron chi connectivity index (χ4n) is 4.93. The highest BCUT2D eigenvalue weighted by Crippen LogP contribution is 2.34. The summed E-state index contributed by atoms with van der Waals surface area (Å²) >= 11 is 6.18. The first-order chi connectivity index (χ1) is 15.0. The first-order valence-corrected chi connectivity index (χ1v) is 11.3. The number of hydrogen-bond donors (Lipinski definition) is 1. The highest BCUT2D eigenvalue weighted by Gasteiger charge is 2.48. The number of rotatable bonds is 4. The predicted octanol–water partition coefficient (Wildman–Crippen LogP) is 4.75. The van der Waals surface area contributed by atoms with Crippen molar-refractivity contribution in [3.63, 3.8) is 0 Å². The van der Waals surface area contributed by atoms with Crippen LogP contribution in [-0.2, 0) is 17.9 Å². The van der Waals surface area contributed by atoms with Gasteiger partial charge in [0.1, 0.15) is 11.2 Å². The summed E-state index contributed by atoms with van der Waals surface area (Å²) in [4.78, 5) is 29.0. The van der Waals surface area contributed by atoms with Gasteiger partial charge < -0.3 is 19.2 Å². The van der Waals surface area contributed by atoms with Gasteiger partial charge in [-0.05, 0) is 37.5 Å². The van der Waals surface area contributed by atoms with Crippen molar-refractivity contribution in [1.82, 2.24) is 14.8 Å². The number of halogens is 1. The summed E-state index contributed by atoms with van der Waals surface area (Å²) in [7, 11) is 0. The fourth-order valence-corrected chi connectivity index (χ4v) is 5.14. The Labute approximate surface area is 186 Å². The molecule has 1 fully saturated rings. The zero-order valence-corrected chi connectivity index (χ0v) is 18.3. The van der Waals surface area contributed by atoms with Crippen molar-refractivity contribution in [2.24, 2.45) is 0 Å². The lowest BCUT2D eigenvalue weighted by molar-refractivity contribution is -0.134. The molecule has 7 heteroatoms. The maximum absolute atomic E-state index is 13.6. The quantitative estimate of drug-likeness (QED) is 0.637. The van der Waals surface area contributed by atoms with Crippen molar-refractivity contribution in [3.8, 4) is 0 Å².